The highest BCUT2D eigenvalue weighted by molar-refractivity contribution is 7.89. The molecule has 1 saturated carbocycles. The number of hydrogen-bond acceptors (Lipinski definition) is 3. The molecule has 1 aliphatic rings. The van der Waals surface area contributed by atoms with Crippen LogP contribution in [0.15, 0.2) is 17.0 Å². The van der Waals surface area contributed by atoms with E-state index in [1.165, 1.54) is 0 Å². The van der Waals surface area contributed by atoms with Crippen LogP contribution in [0.5, 0.6) is 0 Å². The average Bonchev–Trinajstić information content (AvgIpc) is 2.84. The SMILES string of the molecule is O=S(=O)(NC1CCCC1)c1cc(CO)cc(F)c1F. The molecule has 0 radical (unpaired) electrons. The van der Waals surface area contributed by atoms with E-state index < -0.39 is 33.2 Å². The minimum atomic E-state index is -4.11. The van der Waals surface area contributed by atoms with Crippen LogP contribution in [0.25, 0.3) is 0 Å². The van der Waals surface area contributed by atoms with E-state index in [-0.39, 0.29) is 11.6 Å². The monoisotopic (exact) mass is 291 g/mol. The highest BCUT2D eigenvalue weighted by atomic mass is 32.2. The summed E-state index contributed by atoms with van der Waals surface area (Å²) in [6.07, 6.45) is 3.23. The summed E-state index contributed by atoms with van der Waals surface area (Å²) in [7, 11) is -4.11. The smallest absolute Gasteiger partial charge is 0.243 e. The molecule has 0 heterocycles. The molecule has 19 heavy (non-hydrogen) atoms. The van der Waals surface area contributed by atoms with Gasteiger partial charge in [-0.1, -0.05) is 12.8 Å². The Morgan fingerprint density at radius 3 is 2.47 bits per heavy atom. The van der Waals surface area contributed by atoms with Crippen molar-refractivity contribution in [2.24, 2.45) is 0 Å². The predicted molar refractivity (Wildman–Crippen MR) is 64.9 cm³/mol. The van der Waals surface area contributed by atoms with Crippen LogP contribution in [0.4, 0.5) is 8.78 Å². The molecule has 1 aliphatic carbocycles. The quantitative estimate of drug-likeness (QED) is 0.887. The molecule has 0 unspecified atom stereocenters. The predicted octanol–water partition coefficient (Wildman–Crippen LogP) is 1.68. The molecule has 1 aromatic carbocycles. The van der Waals surface area contributed by atoms with Gasteiger partial charge in [0.2, 0.25) is 10.0 Å². The molecule has 0 bridgehead atoms. The van der Waals surface area contributed by atoms with Crippen LogP contribution < -0.4 is 4.72 Å². The summed E-state index contributed by atoms with van der Waals surface area (Å²) in [6, 6.07) is 1.50. The number of sulfonamides is 1. The summed E-state index contributed by atoms with van der Waals surface area (Å²) in [5.74, 6) is -2.69. The number of benzene rings is 1. The van der Waals surface area contributed by atoms with E-state index in [1.54, 1.807) is 0 Å². The Morgan fingerprint density at radius 2 is 1.89 bits per heavy atom. The van der Waals surface area contributed by atoms with Crippen LogP contribution in [0.2, 0.25) is 0 Å². The molecule has 7 heteroatoms. The van der Waals surface area contributed by atoms with E-state index in [2.05, 4.69) is 4.72 Å². The molecule has 0 atom stereocenters. The van der Waals surface area contributed by atoms with Crippen molar-refractivity contribution in [2.75, 3.05) is 0 Å². The van der Waals surface area contributed by atoms with Crippen molar-refractivity contribution in [3.63, 3.8) is 0 Å². The maximum Gasteiger partial charge on any atom is 0.243 e. The minimum Gasteiger partial charge on any atom is -0.392 e. The summed E-state index contributed by atoms with van der Waals surface area (Å²) in [5.41, 5.74) is 0.0192. The topological polar surface area (TPSA) is 66.4 Å². The first-order valence-electron chi connectivity index (χ1n) is 6.05. The van der Waals surface area contributed by atoms with Crippen molar-refractivity contribution in [3.05, 3.63) is 29.3 Å². The molecule has 0 saturated heterocycles. The van der Waals surface area contributed by atoms with Gasteiger partial charge in [-0.05, 0) is 30.5 Å². The second-order valence-electron chi connectivity index (χ2n) is 4.65. The third-order valence-corrected chi connectivity index (χ3v) is 4.72. The largest absolute Gasteiger partial charge is 0.392 e. The van der Waals surface area contributed by atoms with Gasteiger partial charge in [-0.25, -0.2) is 21.9 Å². The lowest BCUT2D eigenvalue weighted by atomic mass is 10.2. The van der Waals surface area contributed by atoms with Gasteiger partial charge in [0.1, 0.15) is 4.90 Å². The summed E-state index contributed by atoms with van der Waals surface area (Å²) in [4.78, 5) is -0.747. The summed E-state index contributed by atoms with van der Waals surface area (Å²) < 4.78 is 53.3. The Bertz CT molecular complexity index is 569. The van der Waals surface area contributed by atoms with Crippen LogP contribution in [0.3, 0.4) is 0 Å². The zero-order valence-electron chi connectivity index (χ0n) is 10.2. The van der Waals surface area contributed by atoms with Crippen molar-refractivity contribution in [2.45, 2.75) is 43.2 Å². The number of halogens is 2. The molecule has 0 amide bonds. The van der Waals surface area contributed by atoms with Crippen molar-refractivity contribution < 1.29 is 22.3 Å². The Hall–Kier alpha value is -1.05. The first kappa shape index (κ1) is 14.4. The molecule has 2 N–H and O–H groups in total. The summed E-state index contributed by atoms with van der Waals surface area (Å²) >= 11 is 0. The Balaban J connectivity index is 2.36. The molecule has 106 valence electrons. The number of rotatable bonds is 4. The zero-order chi connectivity index (χ0) is 14.0. The molecule has 0 aromatic heterocycles. The number of nitrogens with one attached hydrogen (secondary N) is 1. The van der Waals surface area contributed by atoms with Gasteiger partial charge in [0.25, 0.3) is 0 Å². The van der Waals surface area contributed by atoms with Crippen molar-refractivity contribution in [1.29, 1.82) is 0 Å². The Morgan fingerprint density at radius 1 is 1.26 bits per heavy atom. The van der Waals surface area contributed by atoms with Gasteiger partial charge in [-0.2, -0.15) is 0 Å². The highest BCUT2D eigenvalue weighted by Gasteiger charge is 2.27. The number of aliphatic hydroxyl groups is 1. The normalized spacial score (nSPS) is 17.0. The van der Waals surface area contributed by atoms with E-state index in [4.69, 9.17) is 5.11 Å². The molecular weight excluding hydrogens is 276 g/mol. The lowest BCUT2D eigenvalue weighted by Crippen LogP contribution is -2.33. The van der Waals surface area contributed by atoms with Gasteiger partial charge in [-0.3, -0.25) is 0 Å². The Kier molecular flexibility index (Phi) is 4.17. The molecule has 1 fully saturated rings. The molecule has 1 aromatic rings. The average molecular weight is 291 g/mol. The zero-order valence-corrected chi connectivity index (χ0v) is 11.0. The fraction of sp³-hybridized carbons (Fsp3) is 0.500. The highest BCUT2D eigenvalue weighted by Crippen LogP contribution is 2.23. The van der Waals surface area contributed by atoms with E-state index in [0.717, 1.165) is 25.0 Å². The maximum absolute atomic E-state index is 13.6. The van der Waals surface area contributed by atoms with Gasteiger partial charge in [-0.15, -0.1) is 0 Å². The van der Waals surface area contributed by atoms with Crippen molar-refractivity contribution in [1.82, 2.24) is 4.72 Å². The van der Waals surface area contributed by atoms with E-state index in [9.17, 15) is 17.2 Å². The first-order chi connectivity index (χ1) is 8.94. The van der Waals surface area contributed by atoms with Gasteiger partial charge in [0, 0.05) is 6.04 Å². The van der Waals surface area contributed by atoms with Gasteiger partial charge >= 0.3 is 0 Å². The third kappa shape index (κ3) is 3.10. The summed E-state index contributed by atoms with van der Waals surface area (Å²) in [6.45, 7) is -0.552. The van der Waals surface area contributed by atoms with E-state index >= 15 is 0 Å². The van der Waals surface area contributed by atoms with Gasteiger partial charge in [0.15, 0.2) is 11.6 Å². The third-order valence-electron chi connectivity index (χ3n) is 3.20. The van der Waals surface area contributed by atoms with Crippen LogP contribution in [-0.4, -0.2) is 19.6 Å². The Labute approximate surface area is 110 Å². The van der Waals surface area contributed by atoms with Crippen LogP contribution in [0.1, 0.15) is 31.2 Å². The van der Waals surface area contributed by atoms with Crippen LogP contribution in [0, 0.1) is 11.6 Å². The van der Waals surface area contributed by atoms with E-state index in [1.807, 2.05) is 0 Å². The number of hydrogen-bond donors (Lipinski definition) is 2. The molecular formula is C12H15F2NO3S. The molecule has 2 rings (SSSR count). The molecule has 0 spiro atoms. The maximum atomic E-state index is 13.6. The number of aliphatic hydroxyl groups excluding tert-OH is 1. The first-order valence-corrected chi connectivity index (χ1v) is 7.53. The van der Waals surface area contributed by atoms with Crippen LogP contribution in [-0.2, 0) is 16.6 Å². The van der Waals surface area contributed by atoms with Crippen molar-refractivity contribution >= 4 is 10.0 Å². The van der Waals surface area contributed by atoms with Gasteiger partial charge in [0.05, 0.1) is 6.61 Å². The lowest BCUT2D eigenvalue weighted by Gasteiger charge is -2.14. The lowest BCUT2D eigenvalue weighted by molar-refractivity contribution is 0.280. The van der Waals surface area contributed by atoms with Crippen molar-refractivity contribution in [3.8, 4) is 0 Å². The fourth-order valence-electron chi connectivity index (χ4n) is 2.23. The molecule has 4 nitrogen and oxygen atoms in total. The second kappa shape index (κ2) is 5.52. The standard InChI is InChI=1S/C12H15F2NO3S/c13-10-5-8(7-16)6-11(12(10)14)19(17,18)15-9-3-1-2-4-9/h5-6,9,15-16H,1-4,7H2. The second-order valence-corrected chi connectivity index (χ2v) is 6.33. The van der Waals surface area contributed by atoms with Crippen LogP contribution >= 0.6 is 0 Å². The fourth-order valence-corrected chi connectivity index (χ4v) is 3.67. The van der Waals surface area contributed by atoms with Gasteiger partial charge < -0.3 is 5.11 Å². The molecule has 0 aliphatic heterocycles. The van der Waals surface area contributed by atoms with E-state index in [0.29, 0.717) is 12.8 Å². The summed E-state index contributed by atoms with van der Waals surface area (Å²) in [5, 5.41) is 8.92. The minimum absolute atomic E-state index is 0.0192.